The summed E-state index contributed by atoms with van der Waals surface area (Å²) in [6.07, 6.45) is -5.22. The van der Waals surface area contributed by atoms with E-state index in [1.807, 2.05) is 24.8 Å². The predicted octanol–water partition coefficient (Wildman–Crippen LogP) is 6.64. The number of likely N-dealkylation sites (N-methyl/N-ethyl adjacent to an activating group) is 1. The average Bonchev–Trinajstić information content (AvgIpc) is 3.81. The first kappa shape index (κ1) is 58.7. The number of allylic oxidation sites excluding steroid dienone is 1. The molecule has 5 heterocycles. The van der Waals surface area contributed by atoms with Gasteiger partial charge < -0.3 is 53.8 Å². The van der Waals surface area contributed by atoms with Crippen molar-refractivity contribution in [3.05, 3.63) is 76.6 Å². The molecule has 2 aromatic heterocycles. The minimum absolute atomic E-state index is 0.0244. The normalized spacial score (nSPS) is 33.0. The van der Waals surface area contributed by atoms with Gasteiger partial charge in [0.1, 0.15) is 40.5 Å². The Morgan fingerprint density at radius 3 is 2.43 bits per heavy atom. The fourth-order valence-corrected chi connectivity index (χ4v) is 11.3. The zero-order valence-electron chi connectivity index (χ0n) is 43.9. The van der Waals surface area contributed by atoms with Gasteiger partial charge in [-0.05, 0) is 97.2 Å². The molecule has 1 aromatic carbocycles. The molecule has 74 heavy (non-hydrogen) atoms. The minimum atomic E-state index is -4.24. The fraction of sp³-hybridized carbons (Fsp3) is 0.608. The van der Waals surface area contributed by atoms with E-state index in [0.29, 0.717) is 34.0 Å². The molecule has 0 saturated carbocycles. The zero-order chi connectivity index (χ0) is 54.3. The number of hydrogen-bond donors (Lipinski definition) is 5. The van der Waals surface area contributed by atoms with Gasteiger partial charge in [-0.3, -0.25) is 24.2 Å². The smallest absolute Gasteiger partial charge is 0.431 e. The Kier molecular flexibility index (Phi) is 19.5. The van der Waals surface area contributed by atoms with Gasteiger partial charge in [-0.25, -0.2) is 18.7 Å². The van der Waals surface area contributed by atoms with Crippen LogP contribution in [0, 0.1) is 11.8 Å². The van der Waals surface area contributed by atoms with Crippen molar-refractivity contribution < 1.29 is 71.5 Å². The van der Waals surface area contributed by atoms with E-state index in [9.17, 15) is 34.1 Å². The molecule has 6 rings (SSSR count). The largest absolute Gasteiger partial charge is 0.457 e. The summed E-state index contributed by atoms with van der Waals surface area (Å²) in [5, 5.41) is 36.3. The third-order valence-electron chi connectivity index (χ3n) is 13.8. The van der Waals surface area contributed by atoms with Crippen LogP contribution in [0.3, 0.4) is 0 Å². The van der Waals surface area contributed by atoms with Gasteiger partial charge in [-0.1, -0.05) is 63.2 Å². The number of aliphatic hydroxyl groups excluding tert-OH is 1. The number of halogens is 1. The topological polar surface area (TPSA) is 259 Å². The Morgan fingerprint density at radius 1 is 1.07 bits per heavy atom. The van der Waals surface area contributed by atoms with Gasteiger partial charge in [-0.2, -0.15) is 0 Å². The van der Waals surface area contributed by atoms with Crippen molar-refractivity contribution in [3.63, 3.8) is 0 Å². The zero-order valence-corrected chi connectivity index (χ0v) is 45.6. The number of aliphatic hydroxyl groups is 2. The van der Waals surface area contributed by atoms with Crippen LogP contribution in [0.15, 0.2) is 70.5 Å². The lowest BCUT2D eigenvalue weighted by molar-refractivity contribution is -0.296. The number of carbonyl (C=O) groups excluding carboxylic acids is 3. The molecule has 0 spiro atoms. The van der Waals surface area contributed by atoms with Crippen LogP contribution in [0.1, 0.15) is 99.3 Å². The number of oxime groups is 1. The third kappa shape index (κ3) is 14.1. The molecule has 3 aliphatic rings. The summed E-state index contributed by atoms with van der Waals surface area (Å²) in [6.45, 7) is 12.9. The molecule has 0 radical (unpaired) electrons. The van der Waals surface area contributed by atoms with Crippen LogP contribution in [0.2, 0.25) is 0 Å². The van der Waals surface area contributed by atoms with Crippen LogP contribution in [-0.2, 0) is 65.2 Å². The second-order valence-corrected chi connectivity index (χ2v) is 22.5. The van der Waals surface area contributed by atoms with Crippen molar-refractivity contribution >= 4 is 48.3 Å². The first-order valence-corrected chi connectivity index (χ1v) is 27.2. The Balaban J connectivity index is 1.35. The van der Waals surface area contributed by atoms with Crippen LogP contribution in [0.5, 0.6) is 0 Å². The molecule has 2 bridgehead atoms. The Labute approximate surface area is 435 Å². The first-order valence-electron chi connectivity index (χ1n) is 24.8. The highest BCUT2D eigenvalue weighted by Gasteiger charge is 2.56. The monoisotopic (exact) mass is 1070 g/mol. The molecular formula is C51H72FN6O14PS. The minimum Gasteiger partial charge on any atom is -0.457 e. The van der Waals surface area contributed by atoms with Crippen molar-refractivity contribution in [2.24, 2.45) is 17.0 Å². The number of alkyl halides is 1. The van der Waals surface area contributed by atoms with Crippen molar-refractivity contribution in [1.82, 2.24) is 20.2 Å². The highest BCUT2D eigenvalue weighted by atomic mass is 32.1. The SMILES string of the molecule is CCC(=O)NC1=C(C)[C@H]2OCC(=NOCc3ccc(-c4nc(NP(=O)(O)OCc5ccccc5)cs4)cn3)CO[C@](C)(C[C@H]1C)[C@H](O[C@@H]1O[C@H](C)C[C@H](N(C)C)[C@H]1O)[C@@H](C)C(=O)[C@](C)(F)C(=O)O[C@H](CC)[C@@]2(C)O. The van der Waals surface area contributed by atoms with Crippen LogP contribution in [-0.4, -0.2) is 140 Å². The Morgan fingerprint density at radius 2 is 1.78 bits per heavy atom. The molecule has 1 fully saturated rings. The molecule has 408 valence electrons. The molecule has 23 heteroatoms. The first-order chi connectivity index (χ1) is 34.8. The number of hydrogen-bond acceptors (Lipinski definition) is 18. The lowest BCUT2D eigenvalue weighted by Gasteiger charge is -2.47. The maximum Gasteiger partial charge on any atom is 0.431 e. The van der Waals surface area contributed by atoms with Gasteiger partial charge in [0.05, 0.1) is 43.3 Å². The number of cyclic esters (lactones) is 1. The fourth-order valence-electron chi connectivity index (χ4n) is 9.69. The predicted molar refractivity (Wildman–Crippen MR) is 273 cm³/mol. The quantitative estimate of drug-likeness (QED) is 0.0462. The van der Waals surface area contributed by atoms with E-state index >= 15 is 4.39 Å². The summed E-state index contributed by atoms with van der Waals surface area (Å²) >= 11 is 1.22. The average molecular weight is 1080 g/mol. The number of pyridine rings is 1. The van der Waals surface area contributed by atoms with Crippen molar-refractivity contribution in [2.75, 3.05) is 32.4 Å². The van der Waals surface area contributed by atoms with Crippen molar-refractivity contribution in [3.8, 4) is 10.6 Å². The van der Waals surface area contributed by atoms with Gasteiger partial charge in [0.15, 0.2) is 18.7 Å². The van der Waals surface area contributed by atoms with Gasteiger partial charge in [0.2, 0.25) is 5.91 Å². The van der Waals surface area contributed by atoms with Gasteiger partial charge in [-0.15, -0.1) is 11.3 Å². The van der Waals surface area contributed by atoms with E-state index in [1.54, 1.807) is 89.8 Å². The number of nitrogens with one attached hydrogen (secondary N) is 2. The van der Waals surface area contributed by atoms with E-state index in [2.05, 4.69) is 25.5 Å². The second kappa shape index (κ2) is 24.6. The van der Waals surface area contributed by atoms with E-state index in [4.69, 9.17) is 33.0 Å². The van der Waals surface area contributed by atoms with Crippen molar-refractivity contribution in [2.45, 2.75) is 161 Å². The lowest BCUT2D eigenvalue weighted by Crippen LogP contribution is -2.61. The molecule has 5 N–H and O–H groups in total. The number of nitrogens with zero attached hydrogens (tertiary/aromatic N) is 4. The number of ether oxygens (including phenoxy) is 5. The summed E-state index contributed by atoms with van der Waals surface area (Å²) in [4.78, 5) is 69.0. The third-order valence-corrected chi connectivity index (χ3v) is 15.6. The van der Waals surface area contributed by atoms with Crippen LogP contribution in [0.25, 0.3) is 10.6 Å². The number of esters is 1. The molecule has 1 amide bonds. The number of aromatic nitrogens is 2. The standard InChI is InChI=1S/C51H72FN6O14PS/c1-12-38-51(9,63)45-31(5)41(55-40(59)13-2)29(3)22-49(7,44(32(6)43(61)50(8,52)48(62)71-38)72-47-42(60)37(58(10)11)21-30(4)70-47)67-26-36(25-66-45)56-68-27-35-20-19-34(23-53-35)46-54-39(28-74-46)57-73(64,65)69-24-33-17-15-14-16-18-33/h14-20,23,28-30,32,37-38,42,44-45,47,60,63H,12-13,21-22,24-27H2,1-11H3,(H,55,59)(H2,57,64,65)/t29-,30-,32+,37+,38-,42-,44-,45-,47+,49-,50+,51-/m1/s1. The summed E-state index contributed by atoms with van der Waals surface area (Å²) in [7, 11) is -0.634. The number of rotatable bonds is 15. The highest BCUT2D eigenvalue weighted by molar-refractivity contribution is 7.54. The van der Waals surface area contributed by atoms with Crippen LogP contribution < -0.4 is 10.4 Å². The number of anilines is 1. The number of thiazole rings is 1. The van der Waals surface area contributed by atoms with Crippen molar-refractivity contribution in [1.29, 1.82) is 0 Å². The maximum absolute atomic E-state index is 17.1. The summed E-state index contributed by atoms with van der Waals surface area (Å²) in [5.74, 6) is -5.08. The number of fused-ring (bicyclic) bond motifs is 4. The van der Waals surface area contributed by atoms with Gasteiger partial charge in [0.25, 0.3) is 5.67 Å². The molecular weight excluding hydrogens is 1000 g/mol. The Bertz CT molecular complexity index is 2530. The number of benzene rings is 1. The van der Waals surface area contributed by atoms with E-state index in [0.717, 1.165) is 12.5 Å². The number of amides is 1. The van der Waals surface area contributed by atoms with Gasteiger partial charge >= 0.3 is 13.7 Å². The molecule has 0 aliphatic carbocycles. The number of carbonyl (C=O) groups is 3. The molecule has 1 saturated heterocycles. The molecule has 1 unspecified atom stereocenters. The van der Waals surface area contributed by atoms with E-state index in [1.165, 1.54) is 25.2 Å². The molecule has 20 nitrogen and oxygen atoms in total. The molecule has 3 aliphatic heterocycles. The lowest BCUT2D eigenvalue weighted by atomic mass is 9.76. The second-order valence-electron chi connectivity index (χ2n) is 20.1. The molecule has 3 aromatic rings. The van der Waals surface area contributed by atoms with E-state index in [-0.39, 0.29) is 63.1 Å². The Hall–Kier alpha value is -4.58. The van der Waals surface area contributed by atoms with Gasteiger partial charge in [0, 0.05) is 41.2 Å². The van der Waals surface area contributed by atoms with Crippen LogP contribution >= 0.6 is 19.1 Å². The number of Topliss-reactive ketones (excluding diaryl/α,β-unsaturated/α-hetero) is 1. The van der Waals surface area contributed by atoms with E-state index < -0.39 is 91.1 Å². The summed E-state index contributed by atoms with van der Waals surface area (Å²) < 4.78 is 67.1. The highest BCUT2D eigenvalue weighted by Crippen LogP contribution is 2.44. The summed E-state index contributed by atoms with van der Waals surface area (Å²) in [6, 6.07) is 12.0. The molecule has 13 atom stereocenters. The summed E-state index contributed by atoms with van der Waals surface area (Å²) in [5.41, 5.74) is -4.35. The maximum atomic E-state index is 17.1. The van der Waals surface area contributed by atoms with Crippen LogP contribution in [0.4, 0.5) is 10.2 Å². The number of ketones is 1.